The van der Waals surface area contributed by atoms with Gasteiger partial charge in [-0.2, -0.15) is 0 Å². The van der Waals surface area contributed by atoms with E-state index in [0.717, 1.165) is 0 Å². The summed E-state index contributed by atoms with van der Waals surface area (Å²) in [6.07, 6.45) is 1.42. The van der Waals surface area contributed by atoms with Gasteiger partial charge in [-0.1, -0.05) is 17.7 Å². The average Bonchev–Trinajstić information content (AvgIpc) is 3.02. The highest BCUT2D eigenvalue weighted by atomic mass is 35.5. The summed E-state index contributed by atoms with van der Waals surface area (Å²) in [6, 6.07) is 8.65. The van der Waals surface area contributed by atoms with Gasteiger partial charge in [-0.3, -0.25) is 14.9 Å². The smallest absolute Gasteiger partial charge is 0.363 e. The molecule has 0 spiro atoms. The van der Waals surface area contributed by atoms with Gasteiger partial charge in [0.1, 0.15) is 5.02 Å². The van der Waals surface area contributed by atoms with E-state index in [2.05, 4.69) is 4.99 Å². The summed E-state index contributed by atoms with van der Waals surface area (Å²) in [5.74, 6) is -0.831. The van der Waals surface area contributed by atoms with Gasteiger partial charge in [0.05, 0.1) is 12.0 Å². The van der Waals surface area contributed by atoms with Crippen molar-refractivity contribution in [3.63, 3.8) is 0 Å². The number of methoxy groups -OCH3 is 1. The molecular weight excluding hydrogens is 404 g/mol. The Balaban J connectivity index is 1.96. The normalized spacial score (nSPS) is 14.4. The predicted molar refractivity (Wildman–Crippen MR) is 103 cm³/mol. The van der Waals surface area contributed by atoms with Crippen molar-refractivity contribution in [1.29, 1.82) is 0 Å². The molecule has 0 aliphatic carbocycles. The van der Waals surface area contributed by atoms with Gasteiger partial charge in [0, 0.05) is 18.6 Å². The molecule has 0 unspecified atom stereocenters. The molecule has 0 atom stereocenters. The van der Waals surface area contributed by atoms with Crippen LogP contribution in [0, 0.1) is 10.1 Å². The zero-order chi connectivity index (χ0) is 21.1. The van der Waals surface area contributed by atoms with Crippen molar-refractivity contribution in [1.82, 2.24) is 0 Å². The molecule has 1 aliphatic rings. The van der Waals surface area contributed by atoms with Crippen LogP contribution in [0.3, 0.4) is 0 Å². The summed E-state index contributed by atoms with van der Waals surface area (Å²) in [4.78, 5) is 37.9. The average molecular weight is 417 g/mol. The highest BCUT2D eigenvalue weighted by Crippen LogP contribution is 2.31. The Bertz CT molecular complexity index is 1090. The number of cyclic esters (lactones) is 1. The molecule has 9 nitrogen and oxygen atoms in total. The van der Waals surface area contributed by atoms with Crippen molar-refractivity contribution in [3.05, 3.63) is 68.4 Å². The Morgan fingerprint density at radius 1 is 1.24 bits per heavy atom. The maximum Gasteiger partial charge on any atom is 0.363 e. The second kappa shape index (κ2) is 8.11. The molecule has 10 heteroatoms. The Morgan fingerprint density at radius 3 is 2.66 bits per heavy atom. The molecule has 0 saturated carbocycles. The third kappa shape index (κ3) is 4.41. The number of nitro groups is 1. The van der Waals surface area contributed by atoms with Crippen LogP contribution >= 0.6 is 11.6 Å². The van der Waals surface area contributed by atoms with Gasteiger partial charge in [-0.05, 0) is 35.9 Å². The quantitative estimate of drug-likeness (QED) is 0.240. The van der Waals surface area contributed by atoms with E-state index >= 15 is 0 Å². The van der Waals surface area contributed by atoms with Gasteiger partial charge >= 0.3 is 11.9 Å². The largest absolute Gasteiger partial charge is 0.493 e. The maximum atomic E-state index is 12.2. The van der Waals surface area contributed by atoms with Gasteiger partial charge in [0.2, 0.25) is 5.90 Å². The van der Waals surface area contributed by atoms with E-state index < -0.39 is 16.9 Å². The molecular formula is C19H13ClN2O7. The summed E-state index contributed by atoms with van der Waals surface area (Å²) in [5.41, 5.74) is 0.368. The van der Waals surface area contributed by atoms with Crippen LogP contribution < -0.4 is 9.47 Å². The molecule has 1 aliphatic heterocycles. The number of aliphatic imine (C=N–C) groups is 1. The van der Waals surface area contributed by atoms with Gasteiger partial charge in [-0.15, -0.1) is 0 Å². The molecule has 3 rings (SSSR count). The van der Waals surface area contributed by atoms with Gasteiger partial charge in [-0.25, -0.2) is 9.79 Å². The lowest BCUT2D eigenvalue weighted by Crippen LogP contribution is -2.06. The van der Waals surface area contributed by atoms with Crippen molar-refractivity contribution in [2.45, 2.75) is 6.92 Å². The van der Waals surface area contributed by atoms with Crippen molar-refractivity contribution >= 4 is 41.2 Å². The number of hydrogen-bond donors (Lipinski definition) is 0. The van der Waals surface area contributed by atoms with Gasteiger partial charge in [0.25, 0.3) is 5.69 Å². The van der Waals surface area contributed by atoms with E-state index in [-0.39, 0.29) is 33.6 Å². The first-order chi connectivity index (χ1) is 13.8. The lowest BCUT2D eigenvalue weighted by molar-refractivity contribution is -0.384. The van der Waals surface area contributed by atoms with Crippen molar-refractivity contribution in [2.24, 2.45) is 4.99 Å². The first kappa shape index (κ1) is 20.0. The standard InChI is InChI=1S/C19H13ClN2O7/c1-10(23)28-17-8-11(3-6-16(17)27-2)7-14-19(24)29-18(21-14)12-4-5-13(20)15(9-12)22(25)26/h3-9H,1-2H3. The zero-order valence-corrected chi connectivity index (χ0v) is 15.9. The topological polar surface area (TPSA) is 117 Å². The van der Waals surface area contributed by atoms with Gasteiger partial charge in [0.15, 0.2) is 17.2 Å². The summed E-state index contributed by atoms with van der Waals surface area (Å²) in [6.45, 7) is 1.25. The van der Waals surface area contributed by atoms with Crippen molar-refractivity contribution in [3.8, 4) is 11.5 Å². The lowest BCUT2D eigenvalue weighted by Gasteiger charge is -2.08. The van der Waals surface area contributed by atoms with Crippen LogP contribution in [0.25, 0.3) is 6.08 Å². The Morgan fingerprint density at radius 2 is 2.00 bits per heavy atom. The Labute approximate surface area is 169 Å². The number of hydrogen-bond acceptors (Lipinski definition) is 8. The molecule has 0 saturated heterocycles. The first-order valence-electron chi connectivity index (χ1n) is 8.12. The molecule has 0 bridgehead atoms. The molecule has 148 valence electrons. The molecule has 0 N–H and O–H groups in total. The fraction of sp³-hybridized carbons (Fsp3) is 0.105. The van der Waals surface area contributed by atoms with Crippen LogP contribution in [0.5, 0.6) is 11.5 Å². The summed E-state index contributed by atoms with van der Waals surface area (Å²) in [7, 11) is 1.43. The van der Waals surface area contributed by atoms with E-state index in [9.17, 15) is 19.7 Å². The number of carbonyl (C=O) groups is 2. The molecule has 2 aromatic rings. The molecule has 0 amide bonds. The first-order valence-corrected chi connectivity index (χ1v) is 8.49. The molecule has 1 heterocycles. The SMILES string of the molecule is COc1ccc(C=C2N=C(c3ccc(Cl)c([N+](=O)[O-])c3)OC2=O)cc1OC(C)=O. The second-order valence-corrected chi connectivity index (χ2v) is 6.17. The summed E-state index contributed by atoms with van der Waals surface area (Å²) < 4.78 is 15.3. The minimum Gasteiger partial charge on any atom is -0.493 e. The van der Waals surface area contributed by atoms with Crippen LogP contribution in [0.1, 0.15) is 18.1 Å². The molecule has 2 aromatic carbocycles. The number of carbonyl (C=O) groups excluding carboxylic acids is 2. The zero-order valence-electron chi connectivity index (χ0n) is 15.2. The highest BCUT2D eigenvalue weighted by Gasteiger charge is 2.26. The number of nitro benzene ring substituents is 1. The highest BCUT2D eigenvalue weighted by molar-refractivity contribution is 6.32. The fourth-order valence-corrected chi connectivity index (χ4v) is 2.68. The monoisotopic (exact) mass is 416 g/mol. The van der Waals surface area contributed by atoms with E-state index in [1.54, 1.807) is 12.1 Å². The second-order valence-electron chi connectivity index (χ2n) is 5.76. The Hall–Kier alpha value is -3.72. The Kier molecular flexibility index (Phi) is 5.60. The van der Waals surface area contributed by atoms with E-state index in [1.165, 1.54) is 44.4 Å². The van der Waals surface area contributed by atoms with Crippen LogP contribution in [0.4, 0.5) is 5.69 Å². The van der Waals surface area contributed by atoms with Crippen molar-refractivity contribution < 1.29 is 28.7 Å². The summed E-state index contributed by atoms with van der Waals surface area (Å²) in [5, 5.41) is 11.0. The van der Waals surface area contributed by atoms with Gasteiger partial charge < -0.3 is 14.2 Å². The molecule has 0 aromatic heterocycles. The van der Waals surface area contributed by atoms with Crippen LogP contribution in [-0.4, -0.2) is 29.9 Å². The van der Waals surface area contributed by atoms with E-state index in [4.69, 9.17) is 25.8 Å². The fourth-order valence-electron chi connectivity index (χ4n) is 2.49. The summed E-state index contributed by atoms with van der Waals surface area (Å²) >= 11 is 5.79. The number of esters is 2. The molecule has 29 heavy (non-hydrogen) atoms. The lowest BCUT2D eigenvalue weighted by atomic mass is 10.1. The minimum absolute atomic E-state index is 0.0310. The number of halogens is 1. The third-order valence-corrected chi connectivity index (χ3v) is 4.07. The predicted octanol–water partition coefficient (Wildman–Crippen LogP) is 3.53. The molecule has 0 fully saturated rings. The van der Waals surface area contributed by atoms with Crippen LogP contribution in [0.15, 0.2) is 47.1 Å². The number of rotatable bonds is 5. The number of ether oxygens (including phenoxy) is 3. The van der Waals surface area contributed by atoms with Crippen LogP contribution in [0.2, 0.25) is 5.02 Å². The number of nitrogens with zero attached hydrogens (tertiary/aromatic N) is 2. The third-order valence-electron chi connectivity index (χ3n) is 3.76. The number of benzene rings is 2. The maximum absolute atomic E-state index is 12.2. The van der Waals surface area contributed by atoms with Crippen molar-refractivity contribution in [2.75, 3.05) is 7.11 Å². The van der Waals surface area contributed by atoms with E-state index in [0.29, 0.717) is 11.3 Å². The van der Waals surface area contributed by atoms with E-state index in [1.807, 2.05) is 0 Å². The van der Waals surface area contributed by atoms with Crippen LogP contribution in [-0.2, 0) is 14.3 Å². The molecule has 0 radical (unpaired) electrons. The minimum atomic E-state index is -0.734.